The van der Waals surface area contributed by atoms with Crippen LogP contribution in [0.5, 0.6) is 5.75 Å². The smallest absolute Gasteiger partial charge is 0.174 e. The zero-order chi connectivity index (χ0) is 10.7. The number of carbonyl (C=O) groups excluding carboxylic acids is 1. The summed E-state index contributed by atoms with van der Waals surface area (Å²) in [6.45, 7) is 0. The van der Waals surface area contributed by atoms with Crippen molar-refractivity contribution in [1.82, 2.24) is 0 Å². The molecule has 1 aliphatic heterocycles. The summed E-state index contributed by atoms with van der Waals surface area (Å²) >= 11 is 0. The zero-order valence-corrected chi connectivity index (χ0v) is 8.40. The lowest BCUT2D eigenvalue weighted by molar-refractivity contribution is -0.124. The maximum atomic E-state index is 11.7. The second-order valence-electron chi connectivity index (χ2n) is 3.59. The van der Waals surface area contributed by atoms with Crippen molar-refractivity contribution in [2.24, 2.45) is 0 Å². The topological polar surface area (TPSA) is 26.3 Å². The van der Waals surface area contributed by atoms with Crippen molar-refractivity contribution in [2.75, 3.05) is 0 Å². The van der Waals surface area contributed by atoms with Crippen molar-refractivity contribution in [3.63, 3.8) is 0 Å². The van der Waals surface area contributed by atoms with Gasteiger partial charge in [-0.1, -0.05) is 18.2 Å². The van der Waals surface area contributed by atoms with Crippen LogP contribution in [0.15, 0.2) is 24.3 Å². The fourth-order valence-electron chi connectivity index (χ4n) is 1.72. The standard InChI is InChI=1S/C13H12O2/c1-2-3-7-11(14)13-9-10-6-4-5-8-12(10)15-13/h1,4-6,8,13H,3,7,9H2. The van der Waals surface area contributed by atoms with Gasteiger partial charge in [0.1, 0.15) is 5.75 Å². The summed E-state index contributed by atoms with van der Waals surface area (Å²) in [6.07, 6.45) is 6.38. The highest BCUT2D eigenvalue weighted by Gasteiger charge is 2.27. The SMILES string of the molecule is C#CCCC(=O)C1Cc2ccccc2O1. The highest BCUT2D eigenvalue weighted by molar-refractivity contribution is 5.84. The fourth-order valence-corrected chi connectivity index (χ4v) is 1.72. The highest BCUT2D eigenvalue weighted by Crippen LogP contribution is 2.28. The Bertz CT molecular complexity index is 390. The summed E-state index contributed by atoms with van der Waals surface area (Å²) in [5.41, 5.74) is 1.11. The van der Waals surface area contributed by atoms with Crippen LogP contribution in [0.4, 0.5) is 0 Å². The van der Waals surface area contributed by atoms with Crippen LogP contribution in [0.1, 0.15) is 18.4 Å². The van der Waals surface area contributed by atoms with Crippen LogP contribution in [-0.4, -0.2) is 11.9 Å². The predicted octanol–water partition coefficient (Wildman–Crippen LogP) is 1.97. The van der Waals surface area contributed by atoms with E-state index in [9.17, 15) is 4.79 Å². The van der Waals surface area contributed by atoms with Crippen molar-refractivity contribution in [2.45, 2.75) is 25.4 Å². The number of ether oxygens (including phenoxy) is 1. The van der Waals surface area contributed by atoms with Crippen molar-refractivity contribution in [3.8, 4) is 18.1 Å². The van der Waals surface area contributed by atoms with Gasteiger partial charge in [-0.2, -0.15) is 0 Å². The number of fused-ring (bicyclic) bond motifs is 1. The van der Waals surface area contributed by atoms with Crippen LogP contribution in [0, 0.1) is 12.3 Å². The Balaban J connectivity index is 2.01. The molecular weight excluding hydrogens is 188 g/mol. The molecule has 1 aromatic carbocycles. The number of benzene rings is 1. The van der Waals surface area contributed by atoms with E-state index in [-0.39, 0.29) is 11.9 Å². The monoisotopic (exact) mass is 200 g/mol. The number of Topliss-reactive ketones (excluding diaryl/α,β-unsaturated/α-hetero) is 1. The van der Waals surface area contributed by atoms with Crippen LogP contribution in [0.25, 0.3) is 0 Å². The largest absolute Gasteiger partial charge is 0.482 e. The highest BCUT2D eigenvalue weighted by atomic mass is 16.5. The molecule has 1 atom stereocenters. The van der Waals surface area contributed by atoms with Crippen LogP contribution < -0.4 is 4.74 Å². The second-order valence-corrected chi connectivity index (χ2v) is 3.59. The molecule has 0 bridgehead atoms. The van der Waals surface area contributed by atoms with E-state index in [4.69, 9.17) is 11.2 Å². The third-order valence-corrected chi connectivity index (χ3v) is 2.52. The Morgan fingerprint density at radius 3 is 3.07 bits per heavy atom. The van der Waals surface area contributed by atoms with Crippen LogP contribution in [0.2, 0.25) is 0 Å². The lowest BCUT2D eigenvalue weighted by atomic mass is 10.0. The molecule has 0 aliphatic carbocycles. The lowest BCUT2D eigenvalue weighted by Crippen LogP contribution is -2.24. The number of hydrogen-bond acceptors (Lipinski definition) is 2. The first-order valence-electron chi connectivity index (χ1n) is 5.02. The predicted molar refractivity (Wildman–Crippen MR) is 57.6 cm³/mol. The molecule has 1 aliphatic rings. The van der Waals surface area contributed by atoms with Gasteiger partial charge in [-0.15, -0.1) is 12.3 Å². The van der Waals surface area contributed by atoms with E-state index in [0.717, 1.165) is 11.3 Å². The molecule has 76 valence electrons. The number of carbonyl (C=O) groups is 1. The fraction of sp³-hybridized carbons (Fsp3) is 0.308. The van der Waals surface area contributed by atoms with Crippen molar-refractivity contribution in [3.05, 3.63) is 29.8 Å². The molecule has 0 spiro atoms. The van der Waals surface area contributed by atoms with Crippen LogP contribution >= 0.6 is 0 Å². The van der Waals surface area contributed by atoms with E-state index >= 15 is 0 Å². The van der Waals surface area contributed by atoms with Gasteiger partial charge in [0, 0.05) is 19.3 Å². The molecule has 1 heterocycles. The number of ketones is 1. The number of rotatable bonds is 3. The quantitative estimate of drug-likeness (QED) is 0.697. The summed E-state index contributed by atoms with van der Waals surface area (Å²) in [7, 11) is 0. The Labute approximate surface area is 89.3 Å². The maximum absolute atomic E-state index is 11.7. The van der Waals surface area contributed by atoms with Crippen LogP contribution in [-0.2, 0) is 11.2 Å². The third kappa shape index (κ3) is 2.02. The summed E-state index contributed by atoms with van der Waals surface area (Å²) in [6, 6.07) is 7.75. The molecule has 15 heavy (non-hydrogen) atoms. The molecule has 0 N–H and O–H groups in total. The van der Waals surface area contributed by atoms with E-state index < -0.39 is 0 Å². The number of hydrogen-bond donors (Lipinski definition) is 0. The maximum Gasteiger partial charge on any atom is 0.174 e. The first-order valence-corrected chi connectivity index (χ1v) is 5.02. The first-order chi connectivity index (χ1) is 7.31. The molecule has 1 unspecified atom stereocenters. The molecule has 1 aromatic rings. The molecule has 0 aromatic heterocycles. The minimum absolute atomic E-state index is 0.101. The molecule has 0 saturated carbocycles. The van der Waals surface area contributed by atoms with Gasteiger partial charge >= 0.3 is 0 Å². The zero-order valence-electron chi connectivity index (χ0n) is 8.40. The van der Waals surface area contributed by atoms with Gasteiger partial charge in [0.05, 0.1) is 0 Å². The Hall–Kier alpha value is -1.75. The summed E-state index contributed by atoms with van der Waals surface area (Å²) in [4.78, 5) is 11.7. The Morgan fingerprint density at radius 1 is 1.53 bits per heavy atom. The Morgan fingerprint density at radius 2 is 2.33 bits per heavy atom. The number of terminal acetylenes is 1. The first kappa shape index (κ1) is 9.79. The van der Waals surface area contributed by atoms with Crippen molar-refractivity contribution >= 4 is 5.78 Å². The molecule has 2 nitrogen and oxygen atoms in total. The number of para-hydroxylation sites is 1. The summed E-state index contributed by atoms with van der Waals surface area (Å²) in [5.74, 6) is 3.40. The van der Waals surface area contributed by atoms with Gasteiger partial charge in [-0.25, -0.2) is 0 Å². The molecule has 2 heteroatoms. The van der Waals surface area contributed by atoms with E-state index in [1.807, 2.05) is 24.3 Å². The van der Waals surface area contributed by atoms with Gasteiger partial charge < -0.3 is 4.74 Å². The average molecular weight is 200 g/mol. The third-order valence-electron chi connectivity index (χ3n) is 2.52. The van der Waals surface area contributed by atoms with Gasteiger partial charge in [-0.05, 0) is 11.6 Å². The molecule has 0 saturated heterocycles. The van der Waals surface area contributed by atoms with Crippen molar-refractivity contribution in [1.29, 1.82) is 0 Å². The van der Waals surface area contributed by atoms with E-state index in [0.29, 0.717) is 19.3 Å². The van der Waals surface area contributed by atoms with Crippen molar-refractivity contribution < 1.29 is 9.53 Å². The average Bonchev–Trinajstić information content (AvgIpc) is 2.69. The normalized spacial score (nSPS) is 17.7. The molecule has 0 radical (unpaired) electrons. The molecule has 0 fully saturated rings. The van der Waals surface area contributed by atoms with Gasteiger partial charge in [-0.3, -0.25) is 4.79 Å². The van der Waals surface area contributed by atoms with Crippen LogP contribution in [0.3, 0.4) is 0 Å². The second kappa shape index (κ2) is 4.18. The van der Waals surface area contributed by atoms with E-state index in [2.05, 4.69) is 5.92 Å². The molecular formula is C13H12O2. The molecule has 2 rings (SSSR count). The van der Waals surface area contributed by atoms with Gasteiger partial charge in [0.15, 0.2) is 11.9 Å². The Kier molecular flexibility index (Phi) is 2.73. The van der Waals surface area contributed by atoms with Gasteiger partial charge in [0.25, 0.3) is 0 Å². The van der Waals surface area contributed by atoms with E-state index in [1.54, 1.807) is 0 Å². The van der Waals surface area contributed by atoms with Gasteiger partial charge in [0.2, 0.25) is 0 Å². The molecule has 0 amide bonds. The minimum atomic E-state index is -0.323. The summed E-state index contributed by atoms with van der Waals surface area (Å²) in [5, 5.41) is 0. The minimum Gasteiger partial charge on any atom is -0.482 e. The lowest BCUT2D eigenvalue weighted by Gasteiger charge is -2.07. The van der Waals surface area contributed by atoms with E-state index in [1.165, 1.54) is 0 Å². The summed E-state index contributed by atoms with van der Waals surface area (Å²) < 4.78 is 5.55.